The Morgan fingerprint density at radius 1 is 1.40 bits per heavy atom. The van der Waals surface area contributed by atoms with E-state index in [1.165, 1.54) is 6.42 Å². The fraction of sp³-hybridized carbons (Fsp3) is 0.467. The number of ether oxygens (including phenoxy) is 1. The van der Waals surface area contributed by atoms with Gasteiger partial charge in [0.1, 0.15) is 5.84 Å². The van der Waals surface area contributed by atoms with Crippen molar-refractivity contribution in [2.45, 2.75) is 32.6 Å². The fourth-order valence-corrected chi connectivity index (χ4v) is 2.03. The number of aromatic hydroxyl groups is 1. The Hall–Kier alpha value is -2.04. The van der Waals surface area contributed by atoms with Gasteiger partial charge in [-0.25, -0.2) is 0 Å². The molecular formula is C15H21N3O2. The first-order valence-electron chi connectivity index (χ1n) is 7.08. The van der Waals surface area contributed by atoms with E-state index in [1.54, 1.807) is 24.4 Å². The first kappa shape index (κ1) is 14.4. The van der Waals surface area contributed by atoms with E-state index in [-0.39, 0.29) is 5.75 Å². The van der Waals surface area contributed by atoms with Crippen LogP contribution in [0.15, 0.2) is 28.3 Å². The Morgan fingerprint density at radius 2 is 2.30 bits per heavy atom. The average molecular weight is 275 g/mol. The lowest BCUT2D eigenvalue weighted by molar-refractivity contribution is 0.318. The zero-order chi connectivity index (χ0) is 14.2. The molecule has 0 unspecified atom stereocenters. The number of hydrogen-bond acceptors (Lipinski definition) is 5. The van der Waals surface area contributed by atoms with Crippen LogP contribution in [0.1, 0.15) is 38.2 Å². The Kier molecular flexibility index (Phi) is 5.41. The van der Waals surface area contributed by atoms with Crippen LogP contribution in [0.3, 0.4) is 0 Å². The summed E-state index contributed by atoms with van der Waals surface area (Å²) < 4.78 is 5.33. The van der Waals surface area contributed by atoms with Crippen LogP contribution in [0.4, 0.5) is 0 Å². The van der Waals surface area contributed by atoms with Crippen molar-refractivity contribution in [3.05, 3.63) is 23.8 Å². The molecule has 0 amide bonds. The Morgan fingerprint density at radius 3 is 3.15 bits per heavy atom. The first-order chi connectivity index (χ1) is 9.79. The van der Waals surface area contributed by atoms with Crippen molar-refractivity contribution >= 4 is 12.1 Å². The summed E-state index contributed by atoms with van der Waals surface area (Å²) in [6.45, 7) is 3.28. The maximum Gasteiger partial charge on any atom is 0.161 e. The van der Waals surface area contributed by atoms with Crippen molar-refractivity contribution < 1.29 is 9.84 Å². The van der Waals surface area contributed by atoms with E-state index < -0.39 is 0 Å². The number of hydrazone groups is 1. The van der Waals surface area contributed by atoms with E-state index in [4.69, 9.17) is 4.74 Å². The third kappa shape index (κ3) is 4.26. The van der Waals surface area contributed by atoms with Gasteiger partial charge in [0.25, 0.3) is 0 Å². The second kappa shape index (κ2) is 7.53. The summed E-state index contributed by atoms with van der Waals surface area (Å²) in [4.78, 5) is 4.44. The van der Waals surface area contributed by atoms with Crippen molar-refractivity contribution in [3.8, 4) is 11.5 Å². The van der Waals surface area contributed by atoms with E-state index >= 15 is 0 Å². The van der Waals surface area contributed by atoms with Gasteiger partial charge in [-0.05, 0) is 43.5 Å². The highest BCUT2D eigenvalue weighted by Crippen LogP contribution is 2.26. The number of benzene rings is 1. The quantitative estimate of drug-likeness (QED) is 0.656. The topological polar surface area (TPSA) is 66.2 Å². The van der Waals surface area contributed by atoms with Crippen LogP contribution in [0, 0.1) is 0 Å². The molecule has 0 fully saturated rings. The van der Waals surface area contributed by atoms with Crippen LogP contribution >= 0.6 is 0 Å². The van der Waals surface area contributed by atoms with Crippen LogP contribution in [0.5, 0.6) is 11.5 Å². The molecular weight excluding hydrogens is 254 g/mol. The van der Waals surface area contributed by atoms with Gasteiger partial charge >= 0.3 is 0 Å². The van der Waals surface area contributed by atoms with E-state index in [0.717, 1.165) is 37.2 Å². The predicted molar refractivity (Wildman–Crippen MR) is 80.8 cm³/mol. The summed E-state index contributed by atoms with van der Waals surface area (Å²) in [6, 6.07) is 5.16. The van der Waals surface area contributed by atoms with Crippen molar-refractivity contribution in [2.24, 2.45) is 10.1 Å². The molecule has 2 N–H and O–H groups in total. The molecule has 1 aromatic carbocycles. The zero-order valence-electron chi connectivity index (χ0n) is 11.8. The number of phenolic OH excluding ortho intramolecular Hbond substituents is 1. The summed E-state index contributed by atoms with van der Waals surface area (Å²) in [6.07, 6.45) is 6.21. The smallest absolute Gasteiger partial charge is 0.161 e. The summed E-state index contributed by atoms with van der Waals surface area (Å²) >= 11 is 0. The van der Waals surface area contributed by atoms with E-state index in [1.807, 2.05) is 6.92 Å². The summed E-state index contributed by atoms with van der Waals surface area (Å²) in [5, 5.41) is 13.8. The molecule has 0 spiro atoms. The van der Waals surface area contributed by atoms with E-state index in [0.29, 0.717) is 12.4 Å². The number of rotatable bonds is 4. The van der Waals surface area contributed by atoms with Gasteiger partial charge in [-0.3, -0.25) is 10.4 Å². The van der Waals surface area contributed by atoms with Crippen molar-refractivity contribution in [2.75, 3.05) is 13.2 Å². The maximum atomic E-state index is 9.62. The van der Waals surface area contributed by atoms with Crippen molar-refractivity contribution in [1.29, 1.82) is 0 Å². The molecule has 1 aliphatic heterocycles. The van der Waals surface area contributed by atoms with Crippen LogP contribution < -0.4 is 10.2 Å². The summed E-state index contributed by atoms with van der Waals surface area (Å²) in [5.74, 6) is 1.57. The second-order valence-corrected chi connectivity index (χ2v) is 4.67. The molecule has 0 aliphatic carbocycles. The number of phenols is 1. The Bertz CT molecular complexity index is 498. The van der Waals surface area contributed by atoms with E-state index in [9.17, 15) is 5.11 Å². The molecule has 0 saturated heterocycles. The molecule has 1 aliphatic rings. The van der Waals surface area contributed by atoms with Crippen LogP contribution in [0.2, 0.25) is 0 Å². The minimum absolute atomic E-state index is 0.144. The third-order valence-electron chi connectivity index (χ3n) is 3.07. The molecule has 0 saturated carbocycles. The minimum Gasteiger partial charge on any atom is -0.504 e. The summed E-state index contributed by atoms with van der Waals surface area (Å²) in [5.41, 5.74) is 3.86. The van der Waals surface area contributed by atoms with Gasteiger partial charge in [0.15, 0.2) is 11.5 Å². The van der Waals surface area contributed by atoms with Gasteiger partial charge in [-0.15, -0.1) is 0 Å². The molecule has 0 radical (unpaired) electrons. The Balaban J connectivity index is 1.96. The molecule has 5 nitrogen and oxygen atoms in total. The normalized spacial score (nSPS) is 15.8. The maximum absolute atomic E-state index is 9.62. The minimum atomic E-state index is 0.144. The standard InChI is InChI=1S/C15H21N3O2/c1-2-20-14-10-12(7-8-13(14)19)11-17-18-15-6-4-3-5-9-16-15/h7-8,10-11,19H,2-6,9H2,1H3,(H,16,18)/b17-11+. The number of nitrogens with one attached hydrogen (secondary N) is 1. The van der Waals surface area contributed by atoms with Crippen LogP contribution in [0.25, 0.3) is 0 Å². The van der Waals surface area contributed by atoms with Gasteiger partial charge in [-0.2, -0.15) is 5.10 Å². The van der Waals surface area contributed by atoms with Gasteiger partial charge in [-0.1, -0.05) is 6.42 Å². The third-order valence-corrected chi connectivity index (χ3v) is 3.07. The molecule has 5 heteroatoms. The van der Waals surface area contributed by atoms with Gasteiger partial charge in [0.2, 0.25) is 0 Å². The highest BCUT2D eigenvalue weighted by atomic mass is 16.5. The van der Waals surface area contributed by atoms with Crippen molar-refractivity contribution in [1.82, 2.24) is 5.43 Å². The molecule has 1 aromatic rings. The van der Waals surface area contributed by atoms with Crippen LogP contribution in [-0.4, -0.2) is 30.3 Å². The number of hydrogen-bond donors (Lipinski definition) is 2. The largest absolute Gasteiger partial charge is 0.504 e. The monoisotopic (exact) mass is 275 g/mol. The SMILES string of the molecule is CCOc1cc(/C=N/NC2=NCCCCC2)ccc1O. The van der Waals surface area contributed by atoms with Crippen molar-refractivity contribution in [3.63, 3.8) is 0 Å². The van der Waals surface area contributed by atoms with E-state index in [2.05, 4.69) is 15.5 Å². The molecule has 0 aromatic heterocycles. The first-order valence-corrected chi connectivity index (χ1v) is 7.08. The van der Waals surface area contributed by atoms with Gasteiger partial charge < -0.3 is 9.84 Å². The lowest BCUT2D eigenvalue weighted by atomic mass is 10.2. The predicted octanol–water partition coefficient (Wildman–Crippen LogP) is 2.69. The fourth-order valence-electron chi connectivity index (χ4n) is 2.03. The lowest BCUT2D eigenvalue weighted by Crippen LogP contribution is -2.17. The lowest BCUT2D eigenvalue weighted by Gasteiger charge is -2.06. The van der Waals surface area contributed by atoms with Gasteiger partial charge in [0, 0.05) is 13.0 Å². The van der Waals surface area contributed by atoms with Crippen LogP contribution in [-0.2, 0) is 0 Å². The molecule has 0 bridgehead atoms. The van der Waals surface area contributed by atoms with Gasteiger partial charge in [0.05, 0.1) is 12.8 Å². The molecule has 20 heavy (non-hydrogen) atoms. The molecule has 1 heterocycles. The molecule has 108 valence electrons. The Labute approximate surface area is 119 Å². The highest BCUT2D eigenvalue weighted by molar-refractivity contribution is 5.85. The second-order valence-electron chi connectivity index (χ2n) is 4.67. The average Bonchev–Trinajstić information content (AvgIpc) is 2.71. The number of aliphatic imine (C=N–C) groups is 1. The number of nitrogens with zero attached hydrogens (tertiary/aromatic N) is 2. The zero-order valence-corrected chi connectivity index (χ0v) is 11.8. The molecule has 2 rings (SSSR count). The highest BCUT2D eigenvalue weighted by Gasteiger charge is 2.03. The summed E-state index contributed by atoms with van der Waals surface area (Å²) in [7, 11) is 0. The number of amidine groups is 1. The molecule has 0 atom stereocenters.